The van der Waals surface area contributed by atoms with Gasteiger partial charge in [-0.05, 0) is 42.5 Å². The van der Waals surface area contributed by atoms with E-state index in [0.29, 0.717) is 25.5 Å². The number of methoxy groups -OCH3 is 1. The largest absolute Gasteiger partial charge is 0.497 e. The maximum Gasteiger partial charge on any atom is 0.271 e. The summed E-state index contributed by atoms with van der Waals surface area (Å²) in [6, 6.07) is 16.8. The SMILES string of the molecule is COc1ccc(OC[NH+]2CCN(C(=O)C3=CCC(=O)N(c4ccccc4)N3)CC2)cc1. The molecule has 0 aliphatic carbocycles. The number of para-hydroxylation sites is 1. The van der Waals surface area contributed by atoms with Crippen LogP contribution in [0.5, 0.6) is 11.5 Å². The highest BCUT2D eigenvalue weighted by molar-refractivity contribution is 6.01. The normalized spacial score (nSPS) is 17.1. The molecule has 0 bridgehead atoms. The quantitative estimate of drug-likeness (QED) is 0.711. The van der Waals surface area contributed by atoms with Gasteiger partial charge in [0.2, 0.25) is 12.6 Å². The van der Waals surface area contributed by atoms with Gasteiger partial charge in [0.15, 0.2) is 0 Å². The van der Waals surface area contributed by atoms with Gasteiger partial charge in [-0.2, -0.15) is 0 Å². The molecule has 0 atom stereocenters. The van der Waals surface area contributed by atoms with Crippen LogP contribution in [0.4, 0.5) is 5.69 Å². The lowest BCUT2D eigenvalue weighted by atomic mass is 10.2. The Hall–Kier alpha value is -3.52. The summed E-state index contributed by atoms with van der Waals surface area (Å²) in [5.41, 5.74) is 4.16. The lowest BCUT2D eigenvalue weighted by Crippen LogP contribution is -3.15. The van der Waals surface area contributed by atoms with Gasteiger partial charge >= 0.3 is 0 Å². The van der Waals surface area contributed by atoms with Crippen LogP contribution in [0.15, 0.2) is 66.4 Å². The van der Waals surface area contributed by atoms with Crippen molar-refractivity contribution in [2.75, 3.05) is 45.0 Å². The standard InChI is InChI=1S/C23H26N4O4/c1-30-19-7-9-20(10-8-19)31-17-25-13-15-26(16-14-25)23(29)21-11-12-22(28)27(24-21)18-5-3-2-4-6-18/h2-11,24H,12-17H2,1H3/p+1. The van der Waals surface area contributed by atoms with E-state index in [4.69, 9.17) is 9.47 Å². The van der Waals surface area contributed by atoms with Crippen molar-refractivity contribution in [1.29, 1.82) is 0 Å². The maximum atomic E-state index is 13.0. The molecule has 2 aromatic carbocycles. The van der Waals surface area contributed by atoms with Crippen LogP contribution in [-0.2, 0) is 9.59 Å². The average Bonchev–Trinajstić information content (AvgIpc) is 2.84. The molecule has 1 saturated heterocycles. The topological polar surface area (TPSA) is 75.5 Å². The van der Waals surface area contributed by atoms with E-state index in [1.165, 1.54) is 9.91 Å². The summed E-state index contributed by atoms with van der Waals surface area (Å²) in [5, 5.41) is 1.44. The number of quaternary nitrogens is 1. The molecule has 0 unspecified atom stereocenters. The second kappa shape index (κ2) is 9.53. The van der Waals surface area contributed by atoms with Gasteiger partial charge in [0.25, 0.3) is 5.91 Å². The van der Waals surface area contributed by atoms with Crippen molar-refractivity contribution >= 4 is 17.5 Å². The molecule has 8 heteroatoms. The summed E-state index contributed by atoms with van der Waals surface area (Å²) in [4.78, 5) is 28.4. The van der Waals surface area contributed by atoms with Crippen LogP contribution in [0.3, 0.4) is 0 Å². The highest BCUT2D eigenvalue weighted by atomic mass is 16.5. The van der Waals surface area contributed by atoms with E-state index in [2.05, 4.69) is 5.43 Å². The van der Waals surface area contributed by atoms with Crippen molar-refractivity contribution < 1.29 is 24.0 Å². The first-order chi connectivity index (χ1) is 15.1. The first-order valence-electron chi connectivity index (χ1n) is 10.4. The molecule has 0 saturated carbocycles. The van der Waals surface area contributed by atoms with E-state index in [9.17, 15) is 9.59 Å². The summed E-state index contributed by atoms with van der Waals surface area (Å²) in [5.74, 6) is 1.43. The van der Waals surface area contributed by atoms with E-state index >= 15 is 0 Å². The first-order valence-corrected chi connectivity index (χ1v) is 10.4. The van der Waals surface area contributed by atoms with E-state index < -0.39 is 0 Å². The van der Waals surface area contributed by atoms with Crippen LogP contribution in [0.1, 0.15) is 6.42 Å². The Morgan fingerprint density at radius 2 is 1.71 bits per heavy atom. The number of nitrogens with zero attached hydrogens (tertiary/aromatic N) is 2. The van der Waals surface area contributed by atoms with Crippen molar-refractivity contribution in [2.24, 2.45) is 0 Å². The van der Waals surface area contributed by atoms with Gasteiger partial charge in [-0.1, -0.05) is 18.2 Å². The Morgan fingerprint density at radius 3 is 2.39 bits per heavy atom. The van der Waals surface area contributed by atoms with Gasteiger partial charge in [0, 0.05) is 6.42 Å². The first kappa shape index (κ1) is 20.7. The molecule has 2 N–H and O–H groups in total. The molecule has 4 rings (SSSR count). The summed E-state index contributed by atoms with van der Waals surface area (Å²) in [6.07, 6.45) is 1.88. The minimum atomic E-state index is -0.0901. The zero-order chi connectivity index (χ0) is 21.6. The molecule has 2 aliphatic heterocycles. The third kappa shape index (κ3) is 4.97. The smallest absolute Gasteiger partial charge is 0.271 e. The summed E-state index contributed by atoms with van der Waals surface area (Å²) >= 11 is 0. The molecule has 31 heavy (non-hydrogen) atoms. The van der Waals surface area contributed by atoms with Crippen LogP contribution in [0, 0.1) is 0 Å². The molecular formula is C23H27N4O4+. The molecule has 8 nitrogen and oxygen atoms in total. The number of rotatable bonds is 6. The monoisotopic (exact) mass is 423 g/mol. The lowest BCUT2D eigenvalue weighted by Gasteiger charge is -2.34. The van der Waals surface area contributed by atoms with Gasteiger partial charge in [0.05, 0.1) is 39.0 Å². The highest BCUT2D eigenvalue weighted by Gasteiger charge is 2.30. The number of piperazine rings is 1. The molecule has 2 heterocycles. The number of amides is 2. The number of ether oxygens (including phenoxy) is 2. The third-order valence-corrected chi connectivity index (χ3v) is 5.47. The molecule has 0 spiro atoms. The minimum absolute atomic E-state index is 0.0800. The second-order valence-electron chi connectivity index (χ2n) is 7.50. The van der Waals surface area contributed by atoms with Gasteiger partial charge in [-0.15, -0.1) is 0 Å². The van der Waals surface area contributed by atoms with Gasteiger partial charge in [-0.25, -0.2) is 5.01 Å². The van der Waals surface area contributed by atoms with E-state index in [1.807, 2.05) is 59.5 Å². The van der Waals surface area contributed by atoms with E-state index in [1.54, 1.807) is 13.2 Å². The Kier molecular flexibility index (Phi) is 6.37. The number of anilines is 1. The molecule has 1 fully saturated rings. The molecule has 2 amide bonds. The van der Waals surface area contributed by atoms with E-state index in [0.717, 1.165) is 30.3 Å². The highest BCUT2D eigenvalue weighted by Crippen LogP contribution is 2.18. The Morgan fingerprint density at radius 1 is 1.03 bits per heavy atom. The zero-order valence-corrected chi connectivity index (χ0v) is 17.5. The van der Waals surface area contributed by atoms with Crippen LogP contribution in [-0.4, -0.2) is 56.7 Å². The fraction of sp³-hybridized carbons (Fsp3) is 0.304. The maximum absolute atomic E-state index is 13.0. The zero-order valence-electron chi connectivity index (χ0n) is 17.5. The summed E-state index contributed by atoms with van der Waals surface area (Å²) < 4.78 is 11.0. The van der Waals surface area contributed by atoms with E-state index in [-0.39, 0.29) is 18.2 Å². The van der Waals surface area contributed by atoms with Crippen LogP contribution in [0.25, 0.3) is 0 Å². The molecule has 0 radical (unpaired) electrons. The number of hydrogen-bond acceptors (Lipinski definition) is 5. The molecule has 2 aliphatic rings. The number of hydrazine groups is 1. The molecule has 0 aromatic heterocycles. The van der Waals surface area contributed by atoms with Crippen LogP contribution in [0.2, 0.25) is 0 Å². The van der Waals surface area contributed by atoms with Crippen LogP contribution < -0.4 is 24.8 Å². The lowest BCUT2D eigenvalue weighted by molar-refractivity contribution is -0.919. The number of carbonyl (C=O) groups excluding carboxylic acids is 2. The van der Waals surface area contributed by atoms with Crippen LogP contribution >= 0.6 is 0 Å². The van der Waals surface area contributed by atoms with Gasteiger partial charge in [0.1, 0.15) is 17.2 Å². The summed E-state index contributed by atoms with van der Waals surface area (Å²) in [6.45, 7) is 3.43. The predicted molar refractivity (Wildman–Crippen MR) is 116 cm³/mol. The fourth-order valence-corrected chi connectivity index (χ4v) is 3.63. The summed E-state index contributed by atoms with van der Waals surface area (Å²) in [7, 11) is 1.64. The minimum Gasteiger partial charge on any atom is -0.497 e. The number of nitrogens with one attached hydrogen (secondary N) is 2. The number of hydrogen-bond donors (Lipinski definition) is 2. The Bertz CT molecular complexity index is 938. The number of carbonyl (C=O) groups is 2. The van der Waals surface area contributed by atoms with Gasteiger partial charge < -0.3 is 14.4 Å². The Balaban J connectivity index is 1.28. The molecule has 2 aromatic rings. The average molecular weight is 423 g/mol. The predicted octanol–water partition coefficient (Wildman–Crippen LogP) is 0.584. The molecular weight excluding hydrogens is 396 g/mol. The van der Waals surface area contributed by atoms with Crippen molar-refractivity contribution in [2.45, 2.75) is 6.42 Å². The second-order valence-corrected chi connectivity index (χ2v) is 7.50. The van der Waals surface area contributed by atoms with Gasteiger partial charge in [-0.3, -0.25) is 19.9 Å². The molecule has 162 valence electrons. The number of benzene rings is 2. The van der Waals surface area contributed by atoms with Crippen molar-refractivity contribution in [3.8, 4) is 11.5 Å². The van der Waals surface area contributed by atoms with Crippen molar-refractivity contribution in [3.63, 3.8) is 0 Å². The Labute approximate surface area is 181 Å². The third-order valence-electron chi connectivity index (χ3n) is 5.47. The van der Waals surface area contributed by atoms with Crippen molar-refractivity contribution in [3.05, 3.63) is 66.4 Å². The fourth-order valence-electron chi connectivity index (χ4n) is 3.63. The van der Waals surface area contributed by atoms with Crippen molar-refractivity contribution in [1.82, 2.24) is 10.3 Å².